The van der Waals surface area contributed by atoms with Crippen molar-refractivity contribution >= 4 is 3.21 Å². The molecule has 0 N–H and O–H groups in total. The van der Waals surface area contributed by atoms with E-state index in [1.165, 1.54) is 44.1 Å². The number of rotatable bonds is 2. The third-order valence-corrected chi connectivity index (χ3v) is 4.44. The molecular weight excluding hydrogens is 295 g/mol. The van der Waals surface area contributed by atoms with Crippen molar-refractivity contribution in [2.75, 3.05) is 0 Å². The van der Waals surface area contributed by atoms with Gasteiger partial charge in [-0.25, -0.2) is 0 Å². The summed E-state index contributed by atoms with van der Waals surface area (Å²) >= 11 is 1.47. The fourth-order valence-corrected chi connectivity index (χ4v) is 3.06. The van der Waals surface area contributed by atoms with Crippen LogP contribution in [0.5, 0.6) is 0 Å². The molecule has 0 saturated carbocycles. The second-order valence-electron chi connectivity index (χ2n) is 5.54. The number of hydrogen-bond donors (Lipinski definition) is 0. The van der Waals surface area contributed by atoms with E-state index in [0.29, 0.717) is 0 Å². The van der Waals surface area contributed by atoms with E-state index in [0.717, 1.165) is 0 Å². The first kappa shape index (κ1) is 13.6. The first-order valence-electron chi connectivity index (χ1n) is 6.24. The molecule has 2 rings (SSSR count). The average molecular weight is 314 g/mol. The van der Waals surface area contributed by atoms with E-state index in [4.69, 9.17) is 0 Å². The minimum atomic E-state index is 0.188. The molecule has 0 radical (unpaired) electrons. The summed E-state index contributed by atoms with van der Waals surface area (Å²) < 4.78 is 1.44. The molecule has 18 heavy (non-hydrogen) atoms. The summed E-state index contributed by atoms with van der Waals surface area (Å²) in [5, 5.41) is 0. The van der Waals surface area contributed by atoms with Gasteiger partial charge in [0.1, 0.15) is 0 Å². The fourth-order valence-electron chi connectivity index (χ4n) is 2.12. The molecule has 0 saturated heterocycles. The Morgan fingerprint density at radius 1 is 0.833 bits per heavy atom. The Labute approximate surface area is 124 Å². The molecule has 0 nitrogen and oxygen atoms in total. The second kappa shape index (κ2) is 5.45. The van der Waals surface area contributed by atoms with E-state index >= 15 is 0 Å². The number of benzene rings is 2. The predicted molar refractivity (Wildman–Crippen MR) is 74.8 cm³/mol. The van der Waals surface area contributed by atoms with Crippen LogP contribution < -0.4 is 0 Å². The molecule has 0 unspecified atom stereocenters. The van der Waals surface area contributed by atoms with Crippen molar-refractivity contribution < 1.29 is 24.2 Å². The standard InChI is InChI=1S/C17H18.Zr/c1-17(2,3)16-12-8-7-11-15(16)13-14-9-5-4-6-10-14;/h4-12H,1-3H3;/q;+2. The van der Waals surface area contributed by atoms with Crippen LogP contribution in [0.25, 0.3) is 0 Å². The Balaban J connectivity index is 2.50. The summed E-state index contributed by atoms with van der Waals surface area (Å²) in [6.07, 6.45) is 0. The average Bonchev–Trinajstić information content (AvgIpc) is 2.38. The molecule has 0 amide bonds. The van der Waals surface area contributed by atoms with Crippen LogP contribution in [0.15, 0.2) is 54.6 Å². The molecule has 0 heterocycles. The van der Waals surface area contributed by atoms with E-state index in [-0.39, 0.29) is 5.41 Å². The Morgan fingerprint density at radius 2 is 1.39 bits per heavy atom. The number of hydrogen-bond acceptors (Lipinski definition) is 0. The van der Waals surface area contributed by atoms with Crippen molar-refractivity contribution in [2.24, 2.45) is 0 Å². The molecule has 0 fully saturated rings. The van der Waals surface area contributed by atoms with Crippen LogP contribution in [0, 0.1) is 0 Å². The maximum atomic E-state index is 2.28. The molecule has 0 bridgehead atoms. The third-order valence-electron chi connectivity index (χ3n) is 3.07. The van der Waals surface area contributed by atoms with Crippen molar-refractivity contribution in [1.29, 1.82) is 0 Å². The van der Waals surface area contributed by atoms with Gasteiger partial charge in [-0.2, -0.15) is 0 Å². The van der Waals surface area contributed by atoms with Crippen molar-refractivity contribution in [1.82, 2.24) is 0 Å². The van der Waals surface area contributed by atoms with Gasteiger partial charge in [-0.3, -0.25) is 0 Å². The molecule has 0 spiro atoms. The van der Waals surface area contributed by atoms with Gasteiger partial charge < -0.3 is 0 Å². The van der Waals surface area contributed by atoms with Crippen LogP contribution in [0.1, 0.15) is 37.5 Å². The Hall–Kier alpha value is -0.807. The van der Waals surface area contributed by atoms with Gasteiger partial charge in [0.05, 0.1) is 0 Å². The van der Waals surface area contributed by atoms with Gasteiger partial charge in [-0.1, -0.05) is 0 Å². The third kappa shape index (κ3) is 2.95. The molecule has 2 aromatic rings. The second-order valence-corrected chi connectivity index (χ2v) is 6.77. The summed E-state index contributed by atoms with van der Waals surface area (Å²) in [6, 6.07) is 19.5. The monoisotopic (exact) mass is 312 g/mol. The molecule has 0 aliphatic heterocycles. The van der Waals surface area contributed by atoms with Crippen LogP contribution >= 0.6 is 0 Å². The van der Waals surface area contributed by atoms with Crippen LogP contribution in [0.4, 0.5) is 0 Å². The van der Waals surface area contributed by atoms with E-state index in [1.807, 2.05) is 0 Å². The fraction of sp³-hybridized carbons (Fsp3) is 0.235. The van der Waals surface area contributed by atoms with Crippen molar-refractivity contribution in [3.05, 3.63) is 71.3 Å². The Kier molecular flexibility index (Phi) is 4.12. The molecule has 0 atom stereocenters. The van der Waals surface area contributed by atoms with E-state index in [9.17, 15) is 0 Å². The van der Waals surface area contributed by atoms with Gasteiger partial charge in [0.2, 0.25) is 0 Å². The van der Waals surface area contributed by atoms with Gasteiger partial charge in [0.15, 0.2) is 0 Å². The van der Waals surface area contributed by atoms with Crippen molar-refractivity contribution in [3.63, 3.8) is 0 Å². The van der Waals surface area contributed by atoms with Gasteiger partial charge >= 0.3 is 125 Å². The first-order chi connectivity index (χ1) is 8.50. The van der Waals surface area contributed by atoms with Crippen LogP contribution in [-0.2, 0) is 29.7 Å². The van der Waals surface area contributed by atoms with Crippen molar-refractivity contribution in [3.8, 4) is 0 Å². The quantitative estimate of drug-likeness (QED) is 0.783. The zero-order valence-corrected chi connectivity index (χ0v) is 13.7. The van der Waals surface area contributed by atoms with Gasteiger partial charge in [0, 0.05) is 0 Å². The van der Waals surface area contributed by atoms with E-state index in [2.05, 4.69) is 75.4 Å². The molecule has 0 aliphatic rings. The molecule has 0 aromatic heterocycles. The summed E-state index contributed by atoms with van der Waals surface area (Å²) in [4.78, 5) is 0. The zero-order valence-electron chi connectivity index (χ0n) is 11.2. The Bertz CT molecular complexity index is 547. The molecule has 88 valence electrons. The first-order valence-corrected chi connectivity index (χ1v) is 7.47. The normalized spacial score (nSPS) is 11.4. The molecule has 2 aromatic carbocycles. The zero-order chi connectivity index (χ0) is 13.2. The molecule has 1 heteroatoms. The summed E-state index contributed by atoms with van der Waals surface area (Å²) in [6.45, 7) is 6.83. The topological polar surface area (TPSA) is 0 Å². The van der Waals surface area contributed by atoms with Gasteiger partial charge in [-0.05, 0) is 0 Å². The van der Waals surface area contributed by atoms with E-state index < -0.39 is 0 Å². The van der Waals surface area contributed by atoms with Crippen LogP contribution in [-0.4, -0.2) is 3.21 Å². The predicted octanol–water partition coefficient (Wildman–Crippen LogP) is 4.10. The summed E-state index contributed by atoms with van der Waals surface area (Å²) in [7, 11) is 0. The molecular formula is C17H18Zr+2. The van der Waals surface area contributed by atoms with Crippen molar-refractivity contribution in [2.45, 2.75) is 26.2 Å². The Morgan fingerprint density at radius 3 is 2.00 bits per heavy atom. The molecule has 0 aliphatic carbocycles. The summed E-state index contributed by atoms with van der Waals surface area (Å²) in [5.41, 5.74) is 4.36. The minimum absolute atomic E-state index is 0.188. The summed E-state index contributed by atoms with van der Waals surface area (Å²) in [5.74, 6) is 0. The SMILES string of the molecule is CC(C)(C)c1ccccc1[C](=[Zr+2])c1ccccc1. The van der Waals surface area contributed by atoms with Gasteiger partial charge in [-0.15, -0.1) is 0 Å². The van der Waals surface area contributed by atoms with Crippen LogP contribution in [0.2, 0.25) is 0 Å². The van der Waals surface area contributed by atoms with E-state index in [1.54, 1.807) is 0 Å². The maximum absolute atomic E-state index is 2.28. The van der Waals surface area contributed by atoms with Crippen LogP contribution in [0.3, 0.4) is 0 Å². The van der Waals surface area contributed by atoms with Gasteiger partial charge in [0.25, 0.3) is 0 Å².